The van der Waals surface area contributed by atoms with Gasteiger partial charge in [-0.15, -0.1) is 0 Å². The Labute approximate surface area is 228 Å². The normalized spacial score (nSPS) is 13.8. The summed E-state index contributed by atoms with van der Waals surface area (Å²) in [5, 5.41) is 6.78. The molecule has 0 unspecified atom stereocenters. The number of anilines is 2. The highest BCUT2D eigenvalue weighted by atomic mass is 16.6. The zero-order valence-electron chi connectivity index (χ0n) is 22.2. The van der Waals surface area contributed by atoms with Crippen molar-refractivity contribution >= 4 is 34.5 Å². The van der Waals surface area contributed by atoms with E-state index in [-0.39, 0.29) is 12.1 Å². The third-order valence-corrected chi connectivity index (χ3v) is 6.82. The molecule has 0 radical (unpaired) electrons. The van der Waals surface area contributed by atoms with Crippen LogP contribution >= 0.6 is 0 Å². The second-order valence-electron chi connectivity index (χ2n) is 9.70. The molecule has 0 aliphatic carbocycles. The van der Waals surface area contributed by atoms with Crippen LogP contribution in [0.5, 0.6) is 0 Å². The van der Waals surface area contributed by atoms with Gasteiger partial charge in [-0.05, 0) is 48.4 Å². The summed E-state index contributed by atoms with van der Waals surface area (Å²) in [6.45, 7) is 6.28. The lowest BCUT2D eigenvalue weighted by Crippen LogP contribution is -2.48. The van der Waals surface area contributed by atoms with Crippen LogP contribution in [0.3, 0.4) is 0 Å². The van der Waals surface area contributed by atoms with Crippen LogP contribution in [0.2, 0.25) is 0 Å². The van der Waals surface area contributed by atoms with Crippen LogP contribution in [0.25, 0.3) is 22.3 Å². The van der Waals surface area contributed by atoms with Crippen LogP contribution in [-0.4, -0.2) is 54.7 Å². The summed E-state index contributed by atoms with van der Waals surface area (Å²) in [6, 6.07) is 24.9. The van der Waals surface area contributed by atoms with E-state index in [0.29, 0.717) is 31.1 Å². The maximum Gasteiger partial charge on any atom is 0.409 e. The van der Waals surface area contributed by atoms with E-state index >= 15 is 0 Å². The van der Waals surface area contributed by atoms with E-state index in [1.807, 2.05) is 60.7 Å². The number of urea groups is 1. The minimum Gasteiger partial charge on any atom is -0.456 e. The summed E-state index contributed by atoms with van der Waals surface area (Å²) >= 11 is 0. The molecule has 5 rings (SSSR count). The van der Waals surface area contributed by atoms with Crippen molar-refractivity contribution in [2.75, 3.05) is 43.4 Å². The van der Waals surface area contributed by atoms with Crippen LogP contribution in [0.1, 0.15) is 25.3 Å². The Morgan fingerprint density at radius 2 is 1.67 bits per heavy atom. The second-order valence-corrected chi connectivity index (χ2v) is 9.70. The minimum atomic E-state index is -0.318. The number of furan rings is 1. The van der Waals surface area contributed by atoms with E-state index in [4.69, 9.17) is 9.15 Å². The van der Waals surface area contributed by atoms with Gasteiger partial charge in [0.1, 0.15) is 11.3 Å². The van der Waals surface area contributed by atoms with E-state index in [9.17, 15) is 9.59 Å². The molecule has 3 aromatic carbocycles. The van der Waals surface area contributed by atoms with Gasteiger partial charge in [0, 0.05) is 49.4 Å². The number of hydrogen-bond acceptors (Lipinski definition) is 5. The molecule has 0 spiro atoms. The van der Waals surface area contributed by atoms with Gasteiger partial charge in [0.25, 0.3) is 0 Å². The molecule has 8 heteroatoms. The van der Waals surface area contributed by atoms with E-state index < -0.39 is 0 Å². The number of ether oxygens (including phenoxy) is 1. The summed E-state index contributed by atoms with van der Waals surface area (Å²) in [5.74, 6) is 0.688. The van der Waals surface area contributed by atoms with Gasteiger partial charge in [-0.3, -0.25) is 4.90 Å². The van der Waals surface area contributed by atoms with Crippen LogP contribution in [0, 0.1) is 0 Å². The minimum absolute atomic E-state index is 0.208. The monoisotopic (exact) mass is 526 g/mol. The molecule has 0 atom stereocenters. The van der Waals surface area contributed by atoms with E-state index in [2.05, 4.69) is 40.7 Å². The van der Waals surface area contributed by atoms with Gasteiger partial charge in [0.15, 0.2) is 0 Å². The van der Waals surface area contributed by atoms with Crippen molar-refractivity contribution in [2.24, 2.45) is 0 Å². The lowest BCUT2D eigenvalue weighted by Gasteiger charge is -2.34. The van der Waals surface area contributed by atoms with Crippen LogP contribution in [0.15, 0.2) is 83.3 Å². The van der Waals surface area contributed by atoms with Crippen molar-refractivity contribution in [1.29, 1.82) is 0 Å². The van der Waals surface area contributed by atoms with Gasteiger partial charge in [0.05, 0.1) is 12.3 Å². The smallest absolute Gasteiger partial charge is 0.409 e. The molecular weight excluding hydrogens is 492 g/mol. The van der Waals surface area contributed by atoms with Crippen molar-refractivity contribution in [3.05, 3.63) is 84.4 Å². The first-order valence-electron chi connectivity index (χ1n) is 13.5. The fourth-order valence-electron chi connectivity index (χ4n) is 4.66. The second kappa shape index (κ2) is 12.5. The SMILES string of the molecule is CCCCOC(=O)N1CCN(Cc2ccc3cc(-c4ccccc4NC(=O)Nc4ccccc4)oc3c2)CC1. The average Bonchev–Trinajstić information content (AvgIpc) is 3.37. The number of para-hydroxylation sites is 2. The molecule has 0 bridgehead atoms. The van der Waals surface area contributed by atoms with E-state index in [1.165, 1.54) is 0 Å². The summed E-state index contributed by atoms with van der Waals surface area (Å²) in [4.78, 5) is 28.9. The Hall–Kier alpha value is -4.30. The number of unbranched alkanes of at least 4 members (excludes halogenated alkanes) is 1. The number of nitrogens with one attached hydrogen (secondary N) is 2. The molecule has 1 aliphatic rings. The number of fused-ring (bicyclic) bond motifs is 1. The molecule has 3 amide bonds. The molecule has 2 N–H and O–H groups in total. The van der Waals surface area contributed by atoms with Crippen molar-refractivity contribution in [1.82, 2.24) is 9.80 Å². The predicted octanol–water partition coefficient (Wildman–Crippen LogP) is 6.80. The van der Waals surface area contributed by atoms with E-state index in [0.717, 1.165) is 60.3 Å². The highest BCUT2D eigenvalue weighted by Crippen LogP contribution is 2.33. The third kappa shape index (κ3) is 6.78. The van der Waals surface area contributed by atoms with Crippen LogP contribution in [0.4, 0.5) is 21.0 Å². The standard InChI is InChI=1S/C31H34N4O4/c1-2-3-19-38-31(37)35-17-15-34(16-18-35)22-23-13-14-24-21-29(39-28(24)20-23)26-11-7-8-12-27(26)33-30(36)32-25-9-5-4-6-10-25/h4-14,20-21H,2-3,15-19,22H2,1H3,(H2,32,33,36). The Balaban J connectivity index is 1.22. The molecule has 1 saturated heterocycles. The van der Waals surface area contributed by atoms with Gasteiger partial charge < -0.3 is 24.7 Å². The molecule has 2 heterocycles. The van der Waals surface area contributed by atoms with Crippen molar-refractivity contribution in [3.63, 3.8) is 0 Å². The fourth-order valence-corrected chi connectivity index (χ4v) is 4.66. The number of benzene rings is 3. The van der Waals surface area contributed by atoms with Gasteiger partial charge >= 0.3 is 12.1 Å². The summed E-state index contributed by atoms with van der Waals surface area (Å²) < 4.78 is 11.6. The summed E-state index contributed by atoms with van der Waals surface area (Å²) in [7, 11) is 0. The predicted molar refractivity (Wildman–Crippen MR) is 154 cm³/mol. The maximum absolute atomic E-state index is 12.6. The largest absolute Gasteiger partial charge is 0.456 e. The zero-order chi connectivity index (χ0) is 27.0. The van der Waals surface area contributed by atoms with Crippen LogP contribution in [-0.2, 0) is 11.3 Å². The number of amides is 3. The number of carbonyl (C=O) groups is 2. The molecule has 1 aromatic heterocycles. The Kier molecular flexibility index (Phi) is 8.43. The Morgan fingerprint density at radius 3 is 2.46 bits per heavy atom. The number of nitrogens with zero attached hydrogens (tertiary/aromatic N) is 2. The lowest BCUT2D eigenvalue weighted by atomic mass is 10.1. The molecule has 0 saturated carbocycles. The molecular formula is C31H34N4O4. The zero-order valence-corrected chi connectivity index (χ0v) is 22.2. The molecule has 4 aromatic rings. The molecule has 39 heavy (non-hydrogen) atoms. The first-order valence-corrected chi connectivity index (χ1v) is 13.5. The average molecular weight is 527 g/mol. The van der Waals surface area contributed by atoms with Gasteiger partial charge in [0.2, 0.25) is 0 Å². The fraction of sp³-hybridized carbons (Fsp3) is 0.290. The summed E-state index contributed by atoms with van der Waals surface area (Å²) in [6.07, 6.45) is 1.70. The quantitative estimate of drug-likeness (QED) is 0.247. The topological polar surface area (TPSA) is 87.0 Å². The van der Waals surface area contributed by atoms with Gasteiger partial charge in [-0.25, -0.2) is 9.59 Å². The molecule has 1 fully saturated rings. The van der Waals surface area contributed by atoms with Crippen molar-refractivity contribution in [2.45, 2.75) is 26.3 Å². The molecule has 1 aliphatic heterocycles. The lowest BCUT2D eigenvalue weighted by molar-refractivity contribution is 0.0738. The number of piperazine rings is 1. The van der Waals surface area contributed by atoms with Crippen LogP contribution < -0.4 is 10.6 Å². The summed E-state index contributed by atoms with van der Waals surface area (Å²) in [5.41, 5.74) is 4.13. The molecule has 202 valence electrons. The number of carbonyl (C=O) groups excluding carboxylic acids is 2. The first-order chi connectivity index (χ1) is 19.1. The van der Waals surface area contributed by atoms with Crippen molar-refractivity contribution < 1.29 is 18.7 Å². The Morgan fingerprint density at radius 1 is 0.897 bits per heavy atom. The first kappa shape index (κ1) is 26.3. The van der Waals surface area contributed by atoms with E-state index in [1.54, 1.807) is 4.90 Å². The van der Waals surface area contributed by atoms with Gasteiger partial charge in [-0.1, -0.05) is 55.8 Å². The van der Waals surface area contributed by atoms with Crippen molar-refractivity contribution in [3.8, 4) is 11.3 Å². The van der Waals surface area contributed by atoms with Gasteiger partial charge in [-0.2, -0.15) is 0 Å². The Bertz CT molecular complexity index is 1410. The third-order valence-electron chi connectivity index (χ3n) is 6.82. The number of rotatable bonds is 8. The maximum atomic E-state index is 12.6. The highest BCUT2D eigenvalue weighted by molar-refractivity contribution is 6.02. The number of hydrogen-bond donors (Lipinski definition) is 2. The highest BCUT2D eigenvalue weighted by Gasteiger charge is 2.22. The molecule has 8 nitrogen and oxygen atoms in total.